The van der Waals surface area contributed by atoms with E-state index in [1.807, 2.05) is 0 Å². The molecule has 4 aliphatic heterocycles. The van der Waals surface area contributed by atoms with Gasteiger partial charge in [-0.25, -0.2) is 14.6 Å². The zero-order valence-corrected chi connectivity index (χ0v) is 29.5. The number of carbonyl (C=O) groups excluding carboxylic acids is 3. The van der Waals surface area contributed by atoms with Crippen LogP contribution in [-0.2, 0) is 24.0 Å². The number of phenols is 2. The highest BCUT2D eigenvalue weighted by molar-refractivity contribution is 8.00. The topological polar surface area (TPSA) is 257 Å². The number of fused-ring (bicyclic) bond motifs is 3. The lowest BCUT2D eigenvalue weighted by Crippen LogP contribution is -2.71. The lowest BCUT2D eigenvalue weighted by Gasteiger charge is -2.50. The molecule has 0 spiro atoms. The summed E-state index contributed by atoms with van der Waals surface area (Å²) < 4.78 is 0. The number of nitrogens with one attached hydrogen (secondary N) is 2. The molecular weight excluding hydrogens is 730 g/mol. The van der Waals surface area contributed by atoms with E-state index < -0.39 is 63.9 Å². The summed E-state index contributed by atoms with van der Waals surface area (Å²) in [4.78, 5) is 76.5. The van der Waals surface area contributed by atoms with Crippen molar-refractivity contribution in [2.75, 3.05) is 18.0 Å². The summed E-state index contributed by atoms with van der Waals surface area (Å²) in [5.74, 6) is -5.35. The number of halogens is 1. The van der Waals surface area contributed by atoms with Gasteiger partial charge in [0.05, 0.1) is 10.6 Å². The number of carboxylic acid groups (broad SMARTS) is 2. The summed E-state index contributed by atoms with van der Waals surface area (Å²) in [5, 5.41) is 49.1. The highest BCUT2D eigenvalue weighted by Gasteiger charge is 2.55. The van der Waals surface area contributed by atoms with E-state index in [1.54, 1.807) is 0 Å². The van der Waals surface area contributed by atoms with Crippen molar-refractivity contribution in [1.29, 1.82) is 0 Å². The van der Waals surface area contributed by atoms with Crippen LogP contribution in [0.5, 0.6) is 11.5 Å². The number of hydrogen-bond acceptors (Lipinski definition) is 14. The van der Waals surface area contributed by atoms with Crippen LogP contribution >= 0.6 is 34.7 Å². The Hall–Kier alpha value is -4.59. The summed E-state index contributed by atoms with van der Waals surface area (Å²) in [6.07, 6.45) is 2.85. The van der Waals surface area contributed by atoms with Gasteiger partial charge < -0.3 is 41.6 Å². The van der Waals surface area contributed by atoms with E-state index in [4.69, 9.17) is 22.2 Å². The molecule has 4 aliphatic rings. The third kappa shape index (κ3) is 6.89. The van der Waals surface area contributed by atoms with Gasteiger partial charge in [-0.3, -0.25) is 24.2 Å². The molecule has 2 aromatic rings. The number of thiazole rings is 1. The molecule has 0 radical (unpaired) electrons. The first-order chi connectivity index (χ1) is 24.1. The van der Waals surface area contributed by atoms with Gasteiger partial charge >= 0.3 is 11.9 Å². The summed E-state index contributed by atoms with van der Waals surface area (Å²) in [5.41, 5.74) is 3.98. The number of phenolic OH excluding ortho intramolecular Hbond substituents is 2. The quantitative estimate of drug-likeness (QED) is 0.0742. The maximum atomic E-state index is 13.4. The summed E-state index contributed by atoms with van der Waals surface area (Å²) in [6, 6.07) is 1.28. The van der Waals surface area contributed by atoms with Gasteiger partial charge in [0.2, 0.25) is 5.60 Å². The first-order valence-corrected chi connectivity index (χ1v) is 18.1. The Balaban J connectivity index is 1.13. The molecule has 1 aromatic heterocycles. The number of anilines is 1. The van der Waals surface area contributed by atoms with E-state index in [2.05, 4.69) is 25.7 Å². The van der Waals surface area contributed by atoms with Gasteiger partial charge in [-0.05, 0) is 57.2 Å². The van der Waals surface area contributed by atoms with Crippen molar-refractivity contribution in [3.8, 4) is 11.5 Å². The number of β-lactam (4-membered cyclic amide) rings is 1. The molecule has 3 amide bonds. The maximum Gasteiger partial charge on any atom is 0.352 e. The molecule has 6 rings (SSSR count). The van der Waals surface area contributed by atoms with Crippen molar-refractivity contribution >= 4 is 75.2 Å². The van der Waals surface area contributed by atoms with E-state index >= 15 is 0 Å². The molecule has 3 fully saturated rings. The van der Waals surface area contributed by atoms with Crippen molar-refractivity contribution < 1.29 is 49.2 Å². The largest absolute Gasteiger partial charge is 0.504 e. The van der Waals surface area contributed by atoms with Crippen LogP contribution in [0.3, 0.4) is 0 Å². The molecule has 3 saturated heterocycles. The normalized spacial score (nSPS) is 24.8. The first-order valence-electron chi connectivity index (χ1n) is 15.8. The molecule has 8 N–H and O–H groups in total. The number of nitrogens with zero attached hydrogens (tertiary/aromatic N) is 4. The number of hydrogen-bond donors (Lipinski definition) is 7. The molecule has 5 atom stereocenters. The van der Waals surface area contributed by atoms with Crippen LogP contribution in [0.25, 0.3) is 0 Å². The molecular formula is C31H34ClN7O10S2. The molecule has 51 heavy (non-hydrogen) atoms. The number of aromatic nitrogens is 1. The molecule has 1 aromatic carbocycles. The first kappa shape index (κ1) is 36.2. The Bertz CT molecular complexity index is 1870. The Kier molecular flexibility index (Phi) is 9.83. The van der Waals surface area contributed by atoms with Crippen LogP contribution in [0, 0.1) is 0 Å². The fourth-order valence-electron chi connectivity index (χ4n) is 6.68. The number of aliphatic carboxylic acids is 2. The van der Waals surface area contributed by atoms with Crippen LogP contribution in [-0.4, -0.2) is 118 Å². The van der Waals surface area contributed by atoms with Crippen LogP contribution in [0.15, 0.2) is 33.9 Å². The van der Waals surface area contributed by atoms with Crippen molar-refractivity contribution in [3.05, 3.63) is 45.1 Å². The monoisotopic (exact) mass is 763 g/mol. The number of nitrogen functional groups attached to an aromatic ring is 1. The molecule has 0 unspecified atom stereocenters. The maximum absolute atomic E-state index is 13.4. The van der Waals surface area contributed by atoms with Crippen molar-refractivity contribution in [2.45, 2.75) is 74.7 Å². The Labute approximate surface area is 303 Å². The molecule has 0 saturated carbocycles. The number of thioether (sulfide) groups is 1. The van der Waals surface area contributed by atoms with Crippen LogP contribution < -0.4 is 16.4 Å². The number of oxime groups is 1. The van der Waals surface area contributed by atoms with E-state index in [0.29, 0.717) is 25.0 Å². The number of benzene rings is 1. The SMILES string of the molecule is CC(C)(O/N=C(\C(=O)N[C@@H]1C(=O)N2C(C(=O)O)=C(CN3[C@@H]4CC[C@H]3C[C@@H](NC(=O)c3ccc(O)c(O)c3Cl)C4)CS[C@H]12)c1csc(N)n1)C(=O)O. The lowest BCUT2D eigenvalue weighted by molar-refractivity contribution is -0.161. The minimum atomic E-state index is -1.79. The predicted molar refractivity (Wildman–Crippen MR) is 184 cm³/mol. The lowest BCUT2D eigenvalue weighted by atomic mass is 9.95. The molecule has 272 valence electrons. The van der Waals surface area contributed by atoms with Gasteiger partial charge in [-0.15, -0.1) is 23.1 Å². The average Bonchev–Trinajstić information content (AvgIpc) is 3.59. The zero-order valence-electron chi connectivity index (χ0n) is 27.2. The molecule has 0 aliphatic carbocycles. The van der Waals surface area contributed by atoms with Gasteiger partial charge in [0, 0.05) is 35.8 Å². The standard InChI is InChI=1S/C31H34ClN7O10S2/c1-31(2,29(47)48)49-37-20(17-11-51-30(33)35-17)25(43)36-21-26(44)39-22(28(45)46)12(10-50-27(21)39)9-38-14-3-4-15(38)8-13(7-14)34-24(42)16-5-6-18(40)23(41)19(16)32/h5-6,11,13-15,21,27,40-41H,3-4,7-10H2,1-2H3,(H2,33,35)(H,34,42)(H,36,43)(H,45,46)(H,47,48)/b37-20-/t13-,14+,15-,21-,27-/m1/s1. The van der Waals surface area contributed by atoms with Crippen molar-refractivity contribution in [3.63, 3.8) is 0 Å². The van der Waals surface area contributed by atoms with Crippen LogP contribution in [0.1, 0.15) is 55.6 Å². The van der Waals surface area contributed by atoms with Crippen molar-refractivity contribution in [2.24, 2.45) is 5.16 Å². The number of nitrogens with two attached hydrogens (primary N) is 1. The van der Waals surface area contributed by atoms with E-state index in [9.17, 15) is 44.4 Å². The summed E-state index contributed by atoms with van der Waals surface area (Å²) in [6.45, 7) is 2.78. The molecule has 5 heterocycles. The summed E-state index contributed by atoms with van der Waals surface area (Å²) in [7, 11) is 0. The number of rotatable bonds is 11. The minimum Gasteiger partial charge on any atom is -0.504 e. The highest BCUT2D eigenvalue weighted by atomic mass is 35.5. The van der Waals surface area contributed by atoms with Gasteiger partial charge in [0.1, 0.15) is 22.8 Å². The number of amides is 3. The number of piperidine rings is 1. The Morgan fingerprint density at radius 3 is 2.43 bits per heavy atom. The molecule has 20 heteroatoms. The molecule has 2 bridgehead atoms. The Morgan fingerprint density at radius 1 is 1.14 bits per heavy atom. The van der Waals surface area contributed by atoms with Crippen molar-refractivity contribution in [1.82, 2.24) is 25.4 Å². The zero-order chi connectivity index (χ0) is 36.9. The smallest absolute Gasteiger partial charge is 0.352 e. The third-order valence-electron chi connectivity index (χ3n) is 9.33. The third-order valence-corrected chi connectivity index (χ3v) is 11.7. The average molecular weight is 764 g/mol. The summed E-state index contributed by atoms with van der Waals surface area (Å²) >= 11 is 8.40. The number of aromatic hydroxyl groups is 2. The van der Waals surface area contributed by atoms with E-state index in [0.717, 1.165) is 24.2 Å². The highest BCUT2D eigenvalue weighted by Crippen LogP contribution is 2.43. The second-order valence-electron chi connectivity index (χ2n) is 13.0. The number of carbonyl (C=O) groups is 5. The number of carboxylic acids is 2. The van der Waals surface area contributed by atoms with Gasteiger partial charge in [0.15, 0.2) is 22.3 Å². The fourth-order valence-corrected chi connectivity index (χ4v) is 8.81. The predicted octanol–water partition coefficient (Wildman–Crippen LogP) is 1.54. The van der Waals surface area contributed by atoms with Gasteiger partial charge in [0.25, 0.3) is 17.7 Å². The van der Waals surface area contributed by atoms with Crippen LogP contribution in [0.4, 0.5) is 5.13 Å². The Morgan fingerprint density at radius 2 is 1.82 bits per heavy atom. The van der Waals surface area contributed by atoms with E-state index in [-0.39, 0.29) is 51.0 Å². The van der Waals surface area contributed by atoms with Gasteiger partial charge in [-0.1, -0.05) is 16.8 Å². The second kappa shape index (κ2) is 13.9. The second-order valence-corrected chi connectivity index (χ2v) is 15.4. The molecule has 17 nitrogen and oxygen atoms in total. The van der Waals surface area contributed by atoms with E-state index in [1.165, 1.54) is 48.0 Å². The van der Waals surface area contributed by atoms with Gasteiger partial charge in [-0.2, -0.15) is 0 Å². The van der Waals surface area contributed by atoms with Crippen LogP contribution in [0.2, 0.25) is 5.02 Å². The fraction of sp³-hybridized carbons (Fsp3) is 0.452. The minimum absolute atomic E-state index is 0.00550.